The summed E-state index contributed by atoms with van der Waals surface area (Å²) in [7, 11) is 1.75. The van der Waals surface area contributed by atoms with Crippen LogP contribution in [0.5, 0.6) is 0 Å². The second kappa shape index (κ2) is 3.90. The maximum atomic E-state index is 11.3. The van der Waals surface area contributed by atoms with Gasteiger partial charge < -0.3 is 10.0 Å². The second-order valence-electron chi connectivity index (χ2n) is 3.77. The minimum Gasteiger partial charge on any atom is -0.392 e. The fourth-order valence-corrected chi connectivity index (χ4v) is 1.22. The molecule has 0 aromatic carbocycles. The molecule has 3 nitrogen and oxygen atoms in total. The monoisotopic (exact) mass is 171 g/mol. The summed E-state index contributed by atoms with van der Waals surface area (Å²) >= 11 is 0. The minimum atomic E-state index is -0.418. The third-order valence-electron chi connectivity index (χ3n) is 2.12. The normalized spacial score (nSPS) is 18.9. The largest absolute Gasteiger partial charge is 0.392 e. The van der Waals surface area contributed by atoms with Crippen LogP contribution in [0.1, 0.15) is 26.2 Å². The van der Waals surface area contributed by atoms with Crippen molar-refractivity contribution < 1.29 is 9.90 Å². The number of carbonyl (C=O) groups excluding carboxylic acids is 1. The van der Waals surface area contributed by atoms with Crippen molar-refractivity contribution in [3.63, 3.8) is 0 Å². The fourth-order valence-electron chi connectivity index (χ4n) is 1.22. The minimum absolute atomic E-state index is 0.165. The number of aliphatic hydroxyl groups excluding tert-OH is 1. The Morgan fingerprint density at radius 3 is 2.67 bits per heavy atom. The second-order valence-corrected chi connectivity index (χ2v) is 3.77. The van der Waals surface area contributed by atoms with E-state index < -0.39 is 6.10 Å². The van der Waals surface area contributed by atoms with Crippen LogP contribution in [-0.2, 0) is 4.79 Å². The molecule has 1 amide bonds. The number of amides is 1. The zero-order valence-electron chi connectivity index (χ0n) is 7.79. The smallest absolute Gasteiger partial charge is 0.222 e. The first kappa shape index (κ1) is 9.52. The molecule has 70 valence electrons. The third kappa shape index (κ3) is 3.22. The van der Waals surface area contributed by atoms with Gasteiger partial charge >= 0.3 is 0 Å². The number of hydrogen-bond acceptors (Lipinski definition) is 2. The van der Waals surface area contributed by atoms with Gasteiger partial charge in [-0.25, -0.2) is 0 Å². The van der Waals surface area contributed by atoms with Crippen molar-refractivity contribution in [2.75, 3.05) is 13.6 Å². The number of hydrogen-bond donors (Lipinski definition) is 1. The number of likely N-dealkylation sites (N-methyl/N-ethyl adjacent to an activating group) is 1. The highest BCUT2D eigenvalue weighted by atomic mass is 16.3. The lowest BCUT2D eigenvalue weighted by atomic mass is 10.2. The van der Waals surface area contributed by atoms with Gasteiger partial charge in [-0.1, -0.05) is 0 Å². The molecular weight excluding hydrogens is 154 g/mol. The number of rotatable bonds is 4. The molecule has 1 N–H and O–H groups in total. The molecule has 1 rings (SSSR count). The molecule has 1 saturated carbocycles. The quantitative estimate of drug-likeness (QED) is 0.674. The van der Waals surface area contributed by atoms with E-state index in [-0.39, 0.29) is 5.91 Å². The lowest BCUT2D eigenvalue weighted by Gasteiger charge is -2.18. The molecule has 0 bridgehead atoms. The van der Waals surface area contributed by atoms with E-state index in [1.165, 1.54) is 12.8 Å². The van der Waals surface area contributed by atoms with Gasteiger partial charge in [-0.3, -0.25) is 4.79 Å². The molecule has 1 aliphatic rings. The Bertz CT molecular complexity index is 164. The average molecular weight is 171 g/mol. The van der Waals surface area contributed by atoms with Gasteiger partial charge in [0.25, 0.3) is 0 Å². The van der Waals surface area contributed by atoms with E-state index in [9.17, 15) is 4.79 Å². The standard InChI is InChI=1S/C9H17NO2/c1-7(11)6-10(2)9(12)5-8-3-4-8/h7-8,11H,3-6H2,1-2H3. The van der Waals surface area contributed by atoms with E-state index in [0.717, 1.165) is 0 Å². The van der Waals surface area contributed by atoms with Gasteiger partial charge in [-0.05, 0) is 25.7 Å². The molecule has 0 heterocycles. The van der Waals surface area contributed by atoms with E-state index >= 15 is 0 Å². The van der Waals surface area contributed by atoms with Crippen molar-refractivity contribution in [1.82, 2.24) is 4.90 Å². The van der Waals surface area contributed by atoms with Crippen molar-refractivity contribution in [2.45, 2.75) is 32.3 Å². The first-order valence-electron chi connectivity index (χ1n) is 4.51. The molecule has 0 radical (unpaired) electrons. The Hall–Kier alpha value is -0.570. The van der Waals surface area contributed by atoms with E-state index in [4.69, 9.17) is 5.11 Å². The summed E-state index contributed by atoms with van der Waals surface area (Å²) in [5.74, 6) is 0.798. The molecule has 12 heavy (non-hydrogen) atoms. The number of aliphatic hydroxyl groups is 1. The zero-order valence-corrected chi connectivity index (χ0v) is 7.79. The van der Waals surface area contributed by atoms with Crippen LogP contribution >= 0.6 is 0 Å². The fraction of sp³-hybridized carbons (Fsp3) is 0.889. The van der Waals surface area contributed by atoms with E-state index in [1.807, 2.05) is 0 Å². The first-order chi connectivity index (χ1) is 5.59. The van der Waals surface area contributed by atoms with Crippen LogP contribution in [0.15, 0.2) is 0 Å². The number of nitrogens with zero attached hydrogens (tertiary/aromatic N) is 1. The Labute approximate surface area is 73.4 Å². The molecule has 0 aliphatic heterocycles. The van der Waals surface area contributed by atoms with Gasteiger partial charge in [0.2, 0.25) is 5.91 Å². The van der Waals surface area contributed by atoms with E-state index in [1.54, 1.807) is 18.9 Å². The molecule has 0 aromatic rings. The maximum absolute atomic E-state index is 11.3. The van der Waals surface area contributed by atoms with Crippen LogP contribution in [0.4, 0.5) is 0 Å². The van der Waals surface area contributed by atoms with E-state index in [2.05, 4.69) is 0 Å². The number of carbonyl (C=O) groups is 1. The molecular formula is C9H17NO2. The molecule has 1 fully saturated rings. The Morgan fingerprint density at radius 1 is 1.67 bits per heavy atom. The topological polar surface area (TPSA) is 40.5 Å². The lowest BCUT2D eigenvalue weighted by molar-refractivity contribution is -0.131. The highest BCUT2D eigenvalue weighted by Gasteiger charge is 2.25. The van der Waals surface area contributed by atoms with Crippen LogP contribution in [-0.4, -0.2) is 35.6 Å². The third-order valence-corrected chi connectivity index (χ3v) is 2.12. The van der Waals surface area contributed by atoms with Gasteiger partial charge in [0.15, 0.2) is 0 Å². The molecule has 0 saturated heterocycles. The SMILES string of the molecule is CC(O)CN(C)C(=O)CC1CC1. The van der Waals surface area contributed by atoms with Crippen molar-refractivity contribution in [3.8, 4) is 0 Å². The van der Waals surface area contributed by atoms with Crippen LogP contribution in [0.3, 0.4) is 0 Å². The van der Waals surface area contributed by atoms with E-state index in [0.29, 0.717) is 18.9 Å². The lowest BCUT2D eigenvalue weighted by Crippen LogP contribution is -2.33. The molecule has 1 unspecified atom stereocenters. The molecule has 0 aromatic heterocycles. The predicted molar refractivity (Wildman–Crippen MR) is 46.7 cm³/mol. The van der Waals surface area contributed by atoms with Crippen molar-refractivity contribution >= 4 is 5.91 Å². The van der Waals surface area contributed by atoms with Gasteiger partial charge in [0.1, 0.15) is 0 Å². The van der Waals surface area contributed by atoms with Gasteiger partial charge in [-0.2, -0.15) is 0 Å². The molecule has 0 spiro atoms. The average Bonchev–Trinajstić information content (AvgIpc) is 2.70. The van der Waals surface area contributed by atoms with Crippen molar-refractivity contribution in [3.05, 3.63) is 0 Å². The summed E-state index contributed by atoms with van der Waals surface area (Å²) in [5.41, 5.74) is 0. The summed E-state index contributed by atoms with van der Waals surface area (Å²) in [6, 6.07) is 0. The summed E-state index contributed by atoms with van der Waals surface area (Å²) in [6.07, 6.45) is 2.66. The molecule has 3 heteroatoms. The van der Waals surface area contributed by atoms with Gasteiger partial charge in [0.05, 0.1) is 6.10 Å². The summed E-state index contributed by atoms with van der Waals surface area (Å²) in [6.45, 7) is 2.15. The van der Waals surface area contributed by atoms with Crippen LogP contribution in [0, 0.1) is 5.92 Å². The maximum Gasteiger partial charge on any atom is 0.222 e. The Morgan fingerprint density at radius 2 is 2.25 bits per heavy atom. The summed E-state index contributed by atoms with van der Waals surface area (Å²) in [4.78, 5) is 13.0. The first-order valence-corrected chi connectivity index (χ1v) is 4.51. The van der Waals surface area contributed by atoms with Crippen LogP contribution in [0.25, 0.3) is 0 Å². The molecule has 1 atom stereocenters. The summed E-state index contributed by atoms with van der Waals surface area (Å²) in [5, 5.41) is 9.03. The van der Waals surface area contributed by atoms with Crippen LogP contribution in [0.2, 0.25) is 0 Å². The van der Waals surface area contributed by atoms with Gasteiger partial charge in [-0.15, -0.1) is 0 Å². The zero-order chi connectivity index (χ0) is 9.14. The van der Waals surface area contributed by atoms with Crippen LogP contribution < -0.4 is 0 Å². The van der Waals surface area contributed by atoms with Gasteiger partial charge in [0, 0.05) is 20.0 Å². The highest BCUT2D eigenvalue weighted by Crippen LogP contribution is 2.32. The predicted octanol–water partition coefficient (Wildman–Crippen LogP) is 0.626. The Kier molecular flexibility index (Phi) is 3.09. The molecule has 1 aliphatic carbocycles. The highest BCUT2D eigenvalue weighted by molar-refractivity contribution is 5.76. The van der Waals surface area contributed by atoms with Crippen molar-refractivity contribution in [1.29, 1.82) is 0 Å². The Balaban J connectivity index is 2.19. The van der Waals surface area contributed by atoms with Crippen molar-refractivity contribution in [2.24, 2.45) is 5.92 Å². The summed E-state index contributed by atoms with van der Waals surface area (Å²) < 4.78 is 0.